The van der Waals surface area contributed by atoms with Crippen LogP contribution in [0.2, 0.25) is 0 Å². The summed E-state index contributed by atoms with van der Waals surface area (Å²) < 4.78 is 11.1. The van der Waals surface area contributed by atoms with Crippen molar-refractivity contribution in [2.45, 2.75) is 38.6 Å². The summed E-state index contributed by atoms with van der Waals surface area (Å²) in [6.07, 6.45) is 1.24. The number of nitrogens with one attached hydrogen (secondary N) is 2. The van der Waals surface area contributed by atoms with Crippen LogP contribution in [0.15, 0.2) is 0 Å². The third kappa shape index (κ3) is 5.01. The number of amides is 1. The highest BCUT2D eigenvalue weighted by molar-refractivity contribution is 5.81. The van der Waals surface area contributed by atoms with Crippen molar-refractivity contribution in [2.75, 3.05) is 45.9 Å². The molecular weight excluding hydrogens is 258 g/mol. The Hall–Kier alpha value is -0.690. The second-order valence-corrected chi connectivity index (χ2v) is 5.73. The largest absolute Gasteiger partial charge is 0.373 e. The topological polar surface area (TPSA) is 62.8 Å². The van der Waals surface area contributed by atoms with E-state index in [-0.39, 0.29) is 12.0 Å². The van der Waals surface area contributed by atoms with E-state index in [2.05, 4.69) is 29.4 Å². The van der Waals surface area contributed by atoms with Crippen molar-refractivity contribution in [3.63, 3.8) is 0 Å². The van der Waals surface area contributed by atoms with Gasteiger partial charge in [0.25, 0.3) is 0 Å². The molecule has 2 N–H and O–H groups in total. The lowest BCUT2D eigenvalue weighted by molar-refractivity contribution is -0.134. The average molecular weight is 285 g/mol. The number of nitrogens with zero attached hydrogens (tertiary/aromatic N) is 1. The fraction of sp³-hybridized carbons (Fsp3) is 0.929. The molecule has 2 aliphatic heterocycles. The molecule has 6 heteroatoms. The fourth-order valence-electron chi connectivity index (χ4n) is 2.83. The summed E-state index contributed by atoms with van der Waals surface area (Å²) >= 11 is 0. The van der Waals surface area contributed by atoms with Gasteiger partial charge in [-0.2, -0.15) is 0 Å². The van der Waals surface area contributed by atoms with E-state index in [9.17, 15) is 4.79 Å². The molecule has 0 aromatic heterocycles. The van der Waals surface area contributed by atoms with Crippen LogP contribution >= 0.6 is 0 Å². The lowest BCUT2D eigenvalue weighted by Crippen LogP contribution is -2.48. The van der Waals surface area contributed by atoms with Gasteiger partial charge in [-0.1, -0.05) is 0 Å². The Kier molecular flexibility index (Phi) is 6.22. The molecule has 0 saturated carbocycles. The van der Waals surface area contributed by atoms with Crippen molar-refractivity contribution in [2.24, 2.45) is 0 Å². The molecular formula is C14H27N3O3. The molecule has 0 spiro atoms. The normalized spacial score (nSPS) is 32.0. The van der Waals surface area contributed by atoms with E-state index >= 15 is 0 Å². The van der Waals surface area contributed by atoms with Gasteiger partial charge in [-0.15, -0.1) is 0 Å². The molecule has 2 aliphatic rings. The minimum atomic E-state index is -0.327. The van der Waals surface area contributed by atoms with E-state index in [1.807, 2.05) is 0 Å². The van der Waals surface area contributed by atoms with Crippen molar-refractivity contribution >= 4 is 5.91 Å². The van der Waals surface area contributed by atoms with Gasteiger partial charge in [-0.05, 0) is 20.3 Å². The highest BCUT2D eigenvalue weighted by Gasteiger charge is 2.23. The summed E-state index contributed by atoms with van der Waals surface area (Å²) in [6, 6.07) is 0. The predicted molar refractivity (Wildman–Crippen MR) is 76.7 cm³/mol. The van der Waals surface area contributed by atoms with E-state index < -0.39 is 0 Å². The summed E-state index contributed by atoms with van der Waals surface area (Å²) in [6.45, 7) is 9.95. The van der Waals surface area contributed by atoms with Gasteiger partial charge >= 0.3 is 0 Å². The van der Waals surface area contributed by atoms with Crippen molar-refractivity contribution < 1.29 is 14.3 Å². The number of carbonyl (C=O) groups is 1. The summed E-state index contributed by atoms with van der Waals surface area (Å²) in [7, 11) is 0. The monoisotopic (exact) mass is 285 g/mol. The maximum atomic E-state index is 11.8. The molecule has 116 valence electrons. The number of hydrogen-bond acceptors (Lipinski definition) is 5. The van der Waals surface area contributed by atoms with Gasteiger partial charge in [0.2, 0.25) is 5.91 Å². The van der Waals surface area contributed by atoms with Crippen molar-refractivity contribution in [3.8, 4) is 0 Å². The highest BCUT2D eigenvalue weighted by Crippen LogP contribution is 2.10. The SMILES string of the molecule is CC1CN(CCCNC(=O)C2CNCCO2)CC(C)O1. The Labute approximate surface area is 121 Å². The molecule has 1 amide bonds. The third-order valence-corrected chi connectivity index (χ3v) is 3.67. The van der Waals surface area contributed by atoms with Crippen LogP contribution in [0, 0.1) is 0 Å². The first-order valence-corrected chi connectivity index (χ1v) is 7.63. The van der Waals surface area contributed by atoms with Crippen molar-refractivity contribution in [1.82, 2.24) is 15.5 Å². The molecule has 2 heterocycles. The van der Waals surface area contributed by atoms with Gasteiger partial charge in [0.05, 0.1) is 18.8 Å². The number of rotatable bonds is 5. The lowest BCUT2D eigenvalue weighted by atomic mass is 10.2. The Balaban J connectivity index is 1.57. The van der Waals surface area contributed by atoms with Crippen LogP contribution in [-0.4, -0.2) is 75.0 Å². The fourth-order valence-corrected chi connectivity index (χ4v) is 2.83. The van der Waals surface area contributed by atoms with Crippen LogP contribution in [0.5, 0.6) is 0 Å². The van der Waals surface area contributed by atoms with Gasteiger partial charge in [0.15, 0.2) is 0 Å². The van der Waals surface area contributed by atoms with Crippen LogP contribution in [0.25, 0.3) is 0 Å². The standard InChI is InChI=1S/C14H27N3O3/c1-11-9-17(10-12(2)20-11)6-3-4-16-14(18)13-8-15-5-7-19-13/h11-13,15H,3-10H2,1-2H3,(H,16,18). The van der Waals surface area contributed by atoms with E-state index in [1.165, 1.54) is 0 Å². The van der Waals surface area contributed by atoms with Crippen molar-refractivity contribution in [1.29, 1.82) is 0 Å². The molecule has 2 saturated heterocycles. The molecule has 3 unspecified atom stereocenters. The number of hydrogen-bond donors (Lipinski definition) is 2. The Morgan fingerprint density at radius 3 is 2.75 bits per heavy atom. The molecule has 0 aliphatic carbocycles. The maximum absolute atomic E-state index is 11.8. The maximum Gasteiger partial charge on any atom is 0.250 e. The first-order chi connectivity index (χ1) is 9.65. The summed E-state index contributed by atoms with van der Waals surface area (Å²) in [5.41, 5.74) is 0. The summed E-state index contributed by atoms with van der Waals surface area (Å²) in [4.78, 5) is 14.3. The van der Waals surface area contributed by atoms with Crippen LogP contribution in [0.1, 0.15) is 20.3 Å². The minimum Gasteiger partial charge on any atom is -0.373 e. The molecule has 0 aromatic rings. The molecule has 0 aromatic carbocycles. The zero-order valence-corrected chi connectivity index (χ0v) is 12.6. The van der Waals surface area contributed by atoms with Crippen molar-refractivity contribution in [3.05, 3.63) is 0 Å². The van der Waals surface area contributed by atoms with Gasteiger partial charge < -0.3 is 20.1 Å². The number of ether oxygens (including phenoxy) is 2. The average Bonchev–Trinajstić information content (AvgIpc) is 2.43. The van der Waals surface area contributed by atoms with E-state index in [0.29, 0.717) is 31.9 Å². The third-order valence-electron chi connectivity index (χ3n) is 3.67. The Morgan fingerprint density at radius 1 is 1.35 bits per heavy atom. The van der Waals surface area contributed by atoms with Crippen LogP contribution < -0.4 is 10.6 Å². The number of carbonyl (C=O) groups excluding carboxylic acids is 1. The smallest absolute Gasteiger partial charge is 0.250 e. The molecule has 20 heavy (non-hydrogen) atoms. The van der Waals surface area contributed by atoms with Gasteiger partial charge in [-0.3, -0.25) is 9.69 Å². The summed E-state index contributed by atoms with van der Waals surface area (Å²) in [5.74, 6) is 0.000846. The Morgan fingerprint density at radius 2 is 2.10 bits per heavy atom. The highest BCUT2D eigenvalue weighted by atomic mass is 16.5. The molecule has 2 fully saturated rings. The van der Waals surface area contributed by atoms with Crippen LogP contribution in [-0.2, 0) is 14.3 Å². The lowest BCUT2D eigenvalue weighted by Gasteiger charge is -2.35. The molecule has 0 radical (unpaired) electrons. The first kappa shape index (κ1) is 15.7. The Bertz CT molecular complexity index is 298. The minimum absolute atomic E-state index is 0.000846. The van der Waals surface area contributed by atoms with E-state index in [0.717, 1.165) is 32.6 Å². The molecule has 0 bridgehead atoms. The van der Waals surface area contributed by atoms with E-state index in [1.54, 1.807) is 0 Å². The van der Waals surface area contributed by atoms with Gasteiger partial charge in [0.1, 0.15) is 6.10 Å². The van der Waals surface area contributed by atoms with Crippen LogP contribution in [0.4, 0.5) is 0 Å². The molecule has 2 rings (SSSR count). The summed E-state index contributed by atoms with van der Waals surface area (Å²) in [5, 5.41) is 6.11. The second kappa shape index (κ2) is 7.93. The second-order valence-electron chi connectivity index (χ2n) is 5.73. The zero-order valence-electron chi connectivity index (χ0n) is 12.6. The molecule has 6 nitrogen and oxygen atoms in total. The quantitative estimate of drug-likeness (QED) is 0.673. The van der Waals surface area contributed by atoms with E-state index in [4.69, 9.17) is 9.47 Å². The van der Waals surface area contributed by atoms with Gasteiger partial charge in [0, 0.05) is 39.3 Å². The molecule has 3 atom stereocenters. The van der Waals surface area contributed by atoms with Crippen LogP contribution in [0.3, 0.4) is 0 Å². The zero-order chi connectivity index (χ0) is 14.4. The van der Waals surface area contributed by atoms with Gasteiger partial charge in [-0.25, -0.2) is 0 Å². The predicted octanol–water partition coefficient (Wildman–Crippen LogP) is -0.410. The number of morpholine rings is 2. The first-order valence-electron chi connectivity index (χ1n) is 7.63.